The van der Waals surface area contributed by atoms with Crippen LogP contribution in [0.3, 0.4) is 0 Å². The van der Waals surface area contributed by atoms with Crippen LogP contribution in [-0.2, 0) is 4.79 Å². The number of aldehydes is 1. The minimum absolute atomic E-state index is 0.0181. The van der Waals surface area contributed by atoms with Gasteiger partial charge < -0.3 is 9.73 Å². The molecule has 4 heteroatoms. The molecule has 1 heterocycles. The third-order valence-corrected chi connectivity index (χ3v) is 3.01. The molecule has 0 atom stereocenters. The lowest BCUT2D eigenvalue weighted by Gasteiger charge is -2.09. The molecular weight excluding hydrogens is 254 g/mol. The molecule has 1 aromatic heterocycles. The fourth-order valence-corrected chi connectivity index (χ4v) is 1.97. The Kier molecular flexibility index (Phi) is 4.35. The normalized spacial score (nSPS) is 10.3. The molecule has 2 rings (SSSR count). The Bertz CT molecular complexity index is 628. The number of rotatable bonds is 5. The first-order valence-electron chi connectivity index (χ1n) is 6.60. The maximum atomic E-state index is 11.6. The van der Waals surface area contributed by atoms with E-state index in [0.717, 1.165) is 23.2 Å². The van der Waals surface area contributed by atoms with Crippen molar-refractivity contribution in [2.45, 2.75) is 26.7 Å². The molecule has 2 aromatic rings. The van der Waals surface area contributed by atoms with Crippen molar-refractivity contribution in [3.63, 3.8) is 0 Å². The molecule has 0 unspecified atom stereocenters. The number of hydrogen-bond acceptors (Lipinski definition) is 3. The van der Waals surface area contributed by atoms with Gasteiger partial charge in [-0.15, -0.1) is 0 Å². The van der Waals surface area contributed by atoms with E-state index in [-0.39, 0.29) is 5.91 Å². The lowest BCUT2D eigenvalue weighted by molar-refractivity contribution is -0.116. The first-order chi connectivity index (χ1) is 9.63. The maximum absolute atomic E-state index is 11.6. The molecule has 0 saturated carbocycles. The molecule has 0 aliphatic rings. The van der Waals surface area contributed by atoms with Crippen molar-refractivity contribution in [2.24, 2.45) is 0 Å². The highest BCUT2D eigenvalue weighted by Gasteiger charge is 2.08. The summed E-state index contributed by atoms with van der Waals surface area (Å²) in [7, 11) is 0. The van der Waals surface area contributed by atoms with E-state index >= 15 is 0 Å². The molecule has 0 fully saturated rings. The van der Waals surface area contributed by atoms with Gasteiger partial charge in [0, 0.05) is 17.7 Å². The highest BCUT2D eigenvalue weighted by atomic mass is 16.3. The minimum Gasteiger partial charge on any atom is -0.453 e. The summed E-state index contributed by atoms with van der Waals surface area (Å²) in [5, 5.41) is 2.88. The summed E-state index contributed by atoms with van der Waals surface area (Å²) < 4.78 is 5.38. The monoisotopic (exact) mass is 271 g/mol. The number of amides is 1. The quantitative estimate of drug-likeness (QED) is 0.841. The Morgan fingerprint density at radius 3 is 2.70 bits per heavy atom. The van der Waals surface area contributed by atoms with E-state index in [1.165, 1.54) is 0 Å². The van der Waals surface area contributed by atoms with Crippen LogP contribution in [0.1, 0.15) is 35.9 Å². The number of carbonyl (C=O) groups is 2. The first kappa shape index (κ1) is 14.1. The number of anilines is 1. The first-order valence-corrected chi connectivity index (χ1v) is 6.60. The van der Waals surface area contributed by atoms with Crippen molar-refractivity contribution in [2.75, 3.05) is 5.32 Å². The van der Waals surface area contributed by atoms with Gasteiger partial charge in [0.05, 0.1) is 0 Å². The van der Waals surface area contributed by atoms with Crippen LogP contribution in [0.5, 0.6) is 0 Å². The zero-order valence-corrected chi connectivity index (χ0v) is 11.6. The fraction of sp³-hybridized carbons (Fsp3) is 0.250. The van der Waals surface area contributed by atoms with Crippen LogP contribution in [-0.4, -0.2) is 12.2 Å². The number of nitrogens with one attached hydrogen (secondary N) is 1. The van der Waals surface area contributed by atoms with Crippen LogP contribution in [0.25, 0.3) is 11.3 Å². The summed E-state index contributed by atoms with van der Waals surface area (Å²) in [5.74, 6) is 0.962. The molecular formula is C16H17NO3. The highest BCUT2D eigenvalue weighted by molar-refractivity contribution is 5.91. The highest BCUT2D eigenvalue weighted by Crippen LogP contribution is 2.26. The number of hydrogen-bond donors (Lipinski definition) is 1. The van der Waals surface area contributed by atoms with Crippen LogP contribution in [0.4, 0.5) is 5.69 Å². The van der Waals surface area contributed by atoms with Gasteiger partial charge in [-0.05, 0) is 49.2 Å². The van der Waals surface area contributed by atoms with Gasteiger partial charge in [-0.1, -0.05) is 6.92 Å². The molecule has 1 N–H and O–H groups in total. The summed E-state index contributed by atoms with van der Waals surface area (Å²) in [6.07, 6.45) is 2.02. The van der Waals surface area contributed by atoms with Crippen LogP contribution < -0.4 is 5.32 Å². The van der Waals surface area contributed by atoms with Gasteiger partial charge in [-0.25, -0.2) is 0 Å². The molecule has 0 radical (unpaired) electrons. The Balaban J connectivity index is 2.20. The molecule has 1 amide bonds. The van der Waals surface area contributed by atoms with E-state index < -0.39 is 0 Å². The smallest absolute Gasteiger partial charge is 0.224 e. The van der Waals surface area contributed by atoms with Gasteiger partial charge in [0.1, 0.15) is 5.76 Å². The van der Waals surface area contributed by atoms with Gasteiger partial charge in [0.2, 0.25) is 5.91 Å². The summed E-state index contributed by atoms with van der Waals surface area (Å²) >= 11 is 0. The standard InChI is InChI=1S/C16H17NO3/c1-3-4-16(19)17-14-7-5-12(9-11(14)2)15-8-6-13(10-18)20-15/h5-10H,3-4H2,1-2H3,(H,17,19). The molecule has 1 aromatic carbocycles. The van der Waals surface area contributed by atoms with E-state index in [2.05, 4.69) is 5.32 Å². The summed E-state index contributed by atoms with van der Waals surface area (Å²) in [6, 6.07) is 9.03. The summed E-state index contributed by atoms with van der Waals surface area (Å²) in [5.41, 5.74) is 2.63. The Morgan fingerprint density at radius 1 is 1.30 bits per heavy atom. The predicted octanol–water partition coefficient (Wildman–Crippen LogP) is 3.81. The average molecular weight is 271 g/mol. The molecule has 104 valence electrons. The molecule has 0 aliphatic heterocycles. The second-order valence-corrected chi connectivity index (χ2v) is 4.65. The number of carbonyl (C=O) groups excluding carboxylic acids is 2. The summed E-state index contributed by atoms with van der Waals surface area (Å²) in [4.78, 5) is 22.2. The van der Waals surface area contributed by atoms with Crippen LogP contribution in [0.15, 0.2) is 34.7 Å². The van der Waals surface area contributed by atoms with Crippen LogP contribution in [0, 0.1) is 6.92 Å². The molecule has 4 nitrogen and oxygen atoms in total. The Morgan fingerprint density at radius 2 is 2.10 bits per heavy atom. The van der Waals surface area contributed by atoms with E-state index in [1.807, 2.05) is 32.0 Å². The van der Waals surface area contributed by atoms with Crippen molar-refractivity contribution >= 4 is 17.9 Å². The maximum Gasteiger partial charge on any atom is 0.224 e. The predicted molar refractivity (Wildman–Crippen MR) is 77.8 cm³/mol. The van der Waals surface area contributed by atoms with Gasteiger partial charge in [-0.3, -0.25) is 9.59 Å². The van der Waals surface area contributed by atoms with Crippen LogP contribution >= 0.6 is 0 Å². The zero-order chi connectivity index (χ0) is 14.5. The lowest BCUT2D eigenvalue weighted by Crippen LogP contribution is -2.11. The Labute approximate surface area is 117 Å². The van der Waals surface area contributed by atoms with Crippen molar-refractivity contribution in [1.82, 2.24) is 0 Å². The van der Waals surface area contributed by atoms with E-state index in [1.54, 1.807) is 12.1 Å². The molecule has 0 spiro atoms. The zero-order valence-electron chi connectivity index (χ0n) is 11.6. The number of aryl methyl sites for hydroxylation is 1. The number of furan rings is 1. The number of benzene rings is 1. The van der Waals surface area contributed by atoms with Crippen molar-refractivity contribution in [1.29, 1.82) is 0 Å². The van der Waals surface area contributed by atoms with Gasteiger partial charge in [0.15, 0.2) is 12.0 Å². The molecule has 20 heavy (non-hydrogen) atoms. The van der Waals surface area contributed by atoms with Crippen LogP contribution in [0.2, 0.25) is 0 Å². The molecule has 0 bridgehead atoms. The largest absolute Gasteiger partial charge is 0.453 e. The van der Waals surface area contributed by atoms with Gasteiger partial charge in [-0.2, -0.15) is 0 Å². The third kappa shape index (κ3) is 3.15. The summed E-state index contributed by atoms with van der Waals surface area (Å²) in [6.45, 7) is 3.89. The van der Waals surface area contributed by atoms with E-state index in [0.29, 0.717) is 24.2 Å². The fourth-order valence-electron chi connectivity index (χ4n) is 1.97. The van der Waals surface area contributed by atoms with Crippen molar-refractivity contribution < 1.29 is 14.0 Å². The second kappa shape index (κ2) is 6.19. The SMILES string of the molecule is CCCC(=O)Nc1ccc(-c2ccc(C=O)o2)cc1C. The van der Waals surface area contributed by atoms with Crippen molar-refractivity contribution in [3.05, 3.63) is 41.7 Å². The van der Waals surface area contributed by atoms with Gasteiger partial charge in [0.25, 0.3) is 0 Å². The third-order valence-electron chi connectivity index (χ3n) is 3.01. The Hall–Kier alpha value is -2.36. The molecule has 0 saturated heterocycles. The van der Waals surface area contributed by atoms with Crippen molar-refractivity contribution in [3.8, 4) is 11.3 Å². The minimum atomic E-state index is 0.0181. The lowest BCUT2D eigenvalue weighted by atomic mass is 10.1. The average Bonchev–Trinajstić information content (AvgIpc) is 2.90. The van der Waals surface area contributed by atoms with E-state index in [4.69, 9.17) is 4.42 Å². The second-order valence-electron chi connectivity index (χ2n) is 4.65. The molecule has 0 aliphatic carbocycles. The van der Waals surface area contributed by atoms with Gasteiger partial charge >= 0.3 is 0 Å². The topological polar surface area (TPSA) is 59.3 Å². The van der Waals surface area contributed by atoms with E-state index in [9.17, 15) is 9.59 Å².